The molecule has 4 aromatic rings. The van der Waals surface area contributed by atoms with Gasteiger partial charge >= 0.3 is 48.7 Å². The summed E-state index contributed by atoms with van der Waals surface area (Å²) in [6.45, 7) is 2.11. The quantitative estimate of drug-likeness (QED) is 0.228. The van der Waals surface area contributed by atoms with Gasteiger partial charge in [-0.2, -0.15) is 35.0 Å². The topological polar surface area (TPSA) is 0 Å². The first kappa shape index (κ1) is 24.5. The van der Waals surface area contributed by atoms with Crippen molar-refractivity contribution in [3.63, 3.8) is 0 Å². The molecule has 0 bridgehead atoms. The third-order valence-corrected chi connectivity index (χ3v) is 6.48. The van der Waals surface area contributed by atoms with E-state index in [0.717, 1.165) is 0 Å². The molecule has 0 nitrogen and oxygen atoms in total. The fourth-order valence-corrected chi connectivity index (χ4v) is 2.14. The van der Waals surface area contributed by atoms with Gasteiger partial charge < -0.3 is 24.8 Å². The second-order valence-electron chi connectivity index (χ2n) is 5.07. The predicted molar refractivity (Wildman–Crippen MR) is 101 cm³/mol. The number of fused-ring (bicyclic) bond motifs is 2. The van der Waals surface area contributed by atoms with E-state index < -0.39 is 5.50 Å². The van der Waals surface area contributed by atoms with Crippen molar-refractivity contribution < 1.29 is 44.0 Å². The van der Waals surface area contributed by atoms with Crippen molar-refractivity contribution >= 4 is 38.1 Å². The molecule has 0 unspecified atom stereocenters. The Morgan fingerprint density at radius 3 is 1.48 bits per heavy atom. The Hall–Kier alpha value is -0.539. The van der Waals surface area contributed by atoms with Crippen molar-refractivity contribution in [2.24, 2.45) is 0 Å². The van der Waals surface area contributed by atoms with E-state index in [-0.39, 0.29) is 24.8 Å². The molecule has 0 aliphatic carbocycles. The molecule has 0 saturated heterocycles. The minimum absolute atomic E-state index is 0. The Morgan fingerprint density at radius 2 is 1.16 bits per heavy atom. The molecule has 25 heavy (non-hydrogen) atoms. The molecule has 5 heteroatoms. The molecule has 0 aliphatic heterocycles. The van der Waals surface area contributed by atoms with Gasteiger partial charge in [-0.05, 0) is 0 Å². The summed E-state index contributed by atoms with van der Waals surface area (Å²) in [5.41, 5.74) is -0.402. The summed E-state index contributed by atoms with van der Waals surface area (Å²) >= 11 is 7.65. The van der Waals surface area contributed by atoms with Crippen LogP contribution >= 0.6 is 11.1 Å². The van der Waals surface area contributed by atoms with E-state index in [1.807, 2.05) is 0 Å². The van der Waals surface area contributed by atoms with Crippen LogP contribution < -0.4 is 24.8 Å². The van der Waals surface area contributed by atoms with Crippen molar-refractivity contribution in [3.8, 4) is 0 Å². The molecular weight excluding hydrogens is 423 g/mol. The van der Waals surface area contributed by atoms with Gasteiger partial charge in [-0.3, -0.25) is 0 Å². The van der Waals surface area contributed by atoms with Crippen LogP contribution in [-0.2, 0) is 19.2 Å². The Bertz CT molecular complexity index is 741. The monoisotopic (exact) mass is 440 g/mol. The first-order valence-electron chi connectivity index (χ1n) is 7.64. The minimum atomic E-state index is -0.402. The van der Waals surface area contributed by atoms with Gasteiger partial charge in [-0.15, -0.1) is 59.3 Å². The van der Waals surface area contributed by atoms with Crippen LogP contribution in [0.1, 0.15) is 6.92 Å². The maximum Gasteiger partial charge on any atom is -0.0809 e. The van der Waals surface area contributed by atoms with Crippen LogP contribution in [0.25, 0.3) is 21.5 Å². The molecule has 130 valence electrons. The molecule has 4 rings (SSSR count). The zero-order chi connectivity index (χ0) is 16.5. The first-order valence-corrected chi connectivity index (χ1v) is 12.7. The largest absolute Gasteiger partial charge is 1.00 e. The van der Waals surface area contributed by atoms with Crippen LogP contribution in [0.3, 0.4) is 0 Å². The molecule has 0 N–H and O–H groups in total. The average molecular weight is 442 g/mol. The maximum absolute atomic E-state index is 5.56. The molecule has 0 aromatic heterocycles. The van der Waals surface area contributed by atoms with Crippen LogP contribution in [0.5, 0.6) is 0 Å². The molecule has 0 fully saturated rings. The number of hydrogen-bond acceptors (Lipinski definition) is 0. The van der Waals surface area contributed by atoms with E-state index in [0.29, 0.717) is 0 Å². The molecule has 0 aliphatic rings. The minimum Gasteiger partial charge on any atom is -1.00 e. The zero-order valence-corrected chi connectivity index (χ0v) is 18.8. The van der Waals surface area contributed by atoms with Gasteiger partial charge in [-0.1, -0.05) is 12.1 Å². The molecule has 0 saturated carbocycles. The summed E-state index contributed by atoms with van der Waals surface area (Å²) in [6, 6.07) is 30.5. The Balaban J connectivity index is 0.000000348. The van der Waals surface area contributed by atoms with E-state index in [4.69, 9.17) is 11.1 Å². The second-order valence-corrected chi connectivity index (χ2v) is 12.3. The van der Waals surface area contributed by atoms with Crippen LogP contribution in [0, 0.1) is 0 Å². The SMILES string of the molecule is CC[Si](Cl)=[Ti+2].[Cl-].[Cl-].c1ccc2[cH-]ccc2c1.c1ccc2[cH-]ccc2c1. The van der Waals surface area contributed by atoms with Gasteiger partial charge in [0, 0.05) is 0 Å². The Kier molecular flexibility index (Phi) is 13.3. The van der Waals surface area contributed by atoms with Crippen LogP contribution in [0.15, 0.2) is 84.9 Å². The summed E-state index contributed by atoms with van der Waals surface area (Å²) in [5, 5.41) is 5.32. The van der Waals surface area contributed by atoms with Crippen molar-refractivity contribution in [2.75, 3.05) is 0 Å². The summed E-state index contributed by atoms with van der Waals surface area (Å²) < 4.78 is 0. The molecule has 0 atom stereocenters. The third kappa shape index (κ3) is 8.59. The van der Waals surface area contributed by atoms with Gasteiger partial charge in [0.25, 0.3) is 0 Å². The van der Waals surface area contributed by atoms with Crippen LogP contribution in [0.4, 0.5) is 0 Å². The molecule has 0 spiro atoms. The van der Waals surface area contributed by atoms with E-state index in [1.54, 1.807) is 0 Å². The summed E-state index contributed by atoms with van der Waals surface area (Å²) in [5.74, 6) is 0. The third-order valence-electron chi connectivity index (χ3n) is 3.41. The zero-order valence-electron chi connectivity index (χ0n) is 13.9. The van der Waals surface area contributed by atoms with Gasteiger partial charge in [0.15, 0.2) is 0 Å². The summed E-state index contributed by atoms with van der Waals surface area (Å²) in [4.78, 5) is 0. The Labute approximate surface area is 179 Å². The summed E-state index contributed by atoms with van der Waals surface area (Å²) in [7, 11) is 0. The normalized spacial score (nSPS) is 8.96. The molecule has 0 heterocycles. The van der Waals surface area contributed by atoms with Crippen molar-refractivity contribution in [3.05, 3.63) is 84.9 Å². The fourth-order valence-electron chi connectivity index (χ4n) is 2.14. The number of rotatable bonds is 1. The second kappa shape index (κ2) is 13.6. The maximum atomic E-state index is 5.56. The molecule has 0 amide bonds. The smallest absolute Gasteiger partial charge is 0.0809 e. The standard InChI is InChI=1S/2C9H7.C2H5ClSi.2ClH.Ti/c2*1-2-5-9-7-3-6-8(9)4-1;1-2-4-3;;;/h2*1-7H;2H2,1H3;2*1H;/q2*-1;;;;+2/p-2. The molecular formula is C20H19Cl3SiTi-2. The summed E-state index contributed by atoms with van der Waals surface area (Å²) in [6.07, 6.45) is 0. The number of hydrogen-bond donors (Lipinski definition) is 0. The van der Waals surface area contributed by atoms with Gasteiger partial charge in [0.2, 0.25) is 0 Å². The van der Waals surface area contributed by atoms with E-state index >= 15 is 0 Å². The van der Waals surface area contributed by atoms with E-state index in [9.17, 15) is 0 Å². The van der Waals surface area contributed by atoms with E-state index in [2.05, 4.69) is 111 Å². The number of benzene rings is 2. The fraction of sp³-hybridized carbons (Fsp3) is 0.100. The van der Waals surface area contributed by atoms with Gasteiger partial charge in [-0.25, -0.2) is 0 Å². The van der Waals surface area contributed by atoms with E-state index in [1.165, 1.54) is 27.6 Å². The average Bonchev–Trinajstić information content (AvgIpc) is 3.24. The van der Waals surface area contributed by atoms with Crippen molar-refractivity contribution in [2.45, 2.75) is 13.0 Å². The molecule has 0 radical (unpaired) electrons. The predicted octanol–water partition coefficient (Wildman–Crippen LogP) is 0.406. The van der Waals surface area contributed by atoms with Crippen LogP contribution in [0.2, 0.25) is 6.04 Å². The van der Waals surface area contributed by atoms with Crippen LogP contribution in [-0.4, -0.2) is 5.50 Å². The first-order chi connectivity index (χ1) is 11.2. The van der Waals surface area contributed by atoms with Gasteiger partial charge in [0.05, 0.1) is 0 Å². The molecule has 4 aromatic carbocycles. The van der Waals surface area contributed by atoms with Crippen molar-refractivity contribution in [1.82, 2.24) is 0 Å². The van der Waals surface area contributed by atoms with Gasteiger partial charge in [0.1, 0.15) is 0 Å². The number of halogens is 3. The van der Waals surface area contributed by atoms with Crippen molar-refractivity contribution in [1.29, 1.82) is 0 Å². The Morgan fingerprint density at radius 1 is 0.800 bits per heavy atom.